The predicted molar refractivity (Wildman–Crippen MR) is 92.4 cm³/mol. The Bertz CT molecular complexity index is 745. The SMILES string of the molecule is CC(Cc1ccc(C=O)cc1)N1CC(c2cccc(Cl)c2)OC1=O. The third-order valence-electron chi connectivity index (χ3n) is 4.24. The topological polar surface area (TPSA) is 46.6 Å². The quantitative estimate of drug-likeness (QED) is 0.761. The molecule has 1 aliphatic heterocycles. The first kappa shape index (κ1) is 16.5. The van der Waals surface area contributed by atoms with Crippen molar-refractivity contribution in [1.82, 2.24) is 4.90 Å². The van der Waals surface area contributed by atoms with Gasteiger partial charge in [-0.2, -0.15) is 0 Å². The summed E-state index contributed by atoms with van der Waals surface area (Å²) in [5.41, 5.74) is 2.63. The minimum absolute atomic E-state index is 0.00349. The summed E-state index contributed by atoms with van der Waals surface area (Å²) in [6.07, 6.45) is 0.921. The molecule has 1 fully saturated rings. The van der Waals surface area contributed by atoms with Crippen LogP contribution < -0.4 is 0 Å². The second-order valence-corrected chi connectivity index (χ2v) is 6.43. The van der Waals surface area contributed by atoms with Crippen LogP contribution in [0.5, 0.6) is 0 Å². The van der Waals surface area contributed by atoms with Crippen LogP contribution in [-0.4, -0.2) is 29.9 Å². The molecule has 124 valence electrons. The summed E-state index contributed by atoms with van der Waals surface area (Å²) in [5, 5.41) is 0.630. The lowest BCUT2D eigenvalue weighted by atomic mass is 10.0. The molecule has 1 saturated heterocycles. The van der Waals surface area contributed by atoms with Crippen molar-refractivity contribution in [1.29, 1.82) is 0 Å². The molecule has 2 atom stereocenters. The number of nitrogens with zero attached hydrogens (tertiary/aromatic N) is 1. The number of carbonyl (C=O) groups is 2. The fourth-order valence-corrected chi connectivity index (χ4v) is 3.10. The second-order valence-electron chi connectivity index (χ2n) is 5.99. The molecule has 0 bridgehead atoms. The van der Waals surface area contributed by atoms with Crippen LogP contribution in [0.3, 0.4) is 0 Å². The lowest BCUT2D eigenvalue weighted by molar-refractivity contribution is 0.112. The van der Waals surface area contributed by atoms with E-state index in [1.165, 1.54) is 0 Å². The number of hydrogen-bond acceptors (Lipinski definition) is 3. The van der Waals surface area contributed by atoms with E-state index >= 15 is 0 Å². The van der Waals surface area contributed by atoms with E-state index in [1.54, 1.807) is 23.1 Å². The molecule has 0 N–H and O–H groups in total. The maximum atomic E-state index is 12.2. The highest BCUT2D eigenvalue weighted by atomic mass is 35.5. The Kier molecular flexibility index (Phi) is 4.86. The Morgan fingerprint density at radius 3 is 2.71 bits per heavy atom. The van der Waals surface area contributed by atoms with Gasteiger partial charge in [0.25, 0.3) is 0 Å². The van der Waals surface area contributed by atoms with Crippen molar-refractivity contribution >= 4 is 24.0 Å². The Morgan fingerprint density at radius 2 is 2.04 bits per heavy atom. The molecule has 1 heterocycles. The van der Waals surface area contributed by atoms with E-state index in [9.17, 15) is 9.59 Å². The Labute approximate surface area is 146 Å². The van der Waals surface area contributed by atoms with E-state index in [1.807, 2.05) is 37.3 Å². The van der Waals surface area contributed by atoms with E-state index in [0.717, 1.165) is 17.4 Å². The van der Waals surface area contributed by atoms with E-state index in [-0.39, 0.29) is 18.2 Å². The average molecular weight is 344 g/mol. The number of benzene rings is 2. The molecule has 1 aliphatic rings. The molecule has 0 saturated carbocycles. The molecule has 2 aromatic carbocycles. The van der Waals surface area contributed by atoms with Gasteiger partial charge in [-0.05, 0) is 36.6 Å². The molecule has 0 radical (unpaired) electrons. The maximum absolute atomic E-state index is 12.2. The van der Waals surface area contributed by atoms with Gasteiger partial charge in [-0.3, -0.25) is 4.79 Å². The van der Waals surface area contributed by atoms with E-state index in [0.29, 0.717) is 23.6 Å². The van der Waals surface area contributed by atoms with Crippen LogP contribution >= 0.6 is 11.6 Å². The normalized spacial score (nSPS) is 18.3. The number of carbonyl (C=O) groups excluding carboxylic acids is 2. The number of ether oxygens (including phenoxy) is 1. The molecule has 3 rings (SSSR count). The second kappa shape index (κ2) is 7.05. The summed E-state index contributed by atoms with van der Waals surface area (Å²) in [6.45, 7) is 2.50. The summed E-state index contributed by atoms with van der Waals surface area (Å²) in [5.74, 6) is 0. The smallest absolute Gasteiger partial charge is 0.410 e. The van der Waals surface area contributed by atoms with Crippen molar-refractivity contribution in [2.75, 3.05) is 6.54 Å². The molecule has 0 aromatic heterocycles. The standard InChI is InChI=1S/C19H18ClNO3/c1-13(9-14-5-7-15(12-22)8-6-14)21-11-18(24-19(21)23)16-3-2-4-17(20)10-16/h2-8,10,12-13,18H,9,11H2,1H3. The van der Waals surface area contributed by atoms with Gasteiger partial charge in [0, 0.05) is 16.6 Å². The summed E-state index contributed by atoms with van der Waals surface area (Å²) < 4.78 is 5.49. The summed E-state index contributed by atoms with van der Waals surface area (Å²) in [4.78, 5) is 24.6. The van der Waals surface area contributed by atoms with Crippen molar-refractivity contribution in [3.8, 4) is 0 Å². The van der Waals surface area contributed by atoms with E-state index in [4.69, 9.17) is 16.3 Å². The van der Waals surface area contributed by atoms with Crippen molar-refractivity contribution in [3.63, 3.8) is 0 Å². The lowest BCUT2D eigenvalue weighted by Crippen LogP contribution is -2.35. The Balaban J connectivity index is 1.67. The highest BCUT2D eigenvalue weighted by molar-refractivity contribution is 6.30. The number of halogens is 1. The molecular formula is C19H18ClNO3. The van der Waals surface area contributed by atoms with Gasteiger partial charge in [0.15, 0.2) is 0 Å². The molecule has 24 heavy (non-hydrogen) atoms. The fourth-order valence-electron chi connectivity index (χ4n) is 2.90. The third-order valence-corrected chi connectivity index (χ3v) is 4.47. The van der Waals surface area contributed by atoms with E-state index < -0.39 is 0 Å². The third kappa shape index (κ3) is 3.60. The van der Waals surface area contributed by atoms with E-state index in [2.05, 4.69) is 0 Å². The zero-order valence-corrected chi connectivity index (χ0v) is 14.1. The molecule has 4 nitrogen and oxygen atoms in total. The Morgan fingerprint density at radius 1 is 1.29 bits per heavy atom. The minimum atomic E-state index is -0.308. The summed E-state index contributed by atoms with van der Waals surface area (Å²) >= 11 is 6.01. The largest absolute Gasteiger partial charge is 0.439 e. The zero-order chi connectivity index (χ0) is 17.1. The number of hydrogen-bond donors (Lipinski definition) is 0. The highest BCUT2D eigenvalue weighted by Gasteiger charge is 2.35. The lowest BCUT2D eigenvalue weighted by Gasteiger charge is -2.22. The van der Waals surface area contributed by atoms with Gasteiger partial charge in [0.1, 0.15) is 12.4 Å². The monoisotopic (exact) mass is 343 g/mol. The highest BCUT2D eigenvalue weighted by Crippen LogP contribution is 2.29. The number of cyclic esters (lactones) is 1. The first-order chi connectivity index (χ1) is 11.6. The molecule has 2 unspecified atom stereocenters. The van der Waals surface area contributed by atoms with Gasteiger partial charge in [-0.1, -0.05) is 48.0 Å². The summed E-state index contributed by atoms with van der Waals surface area (Å²) in [7, 11) is 0. The maximum Gasteiger partial charge on any atom is 0.410 e. The minimum Gasteiger partial charge on any atom is -0.439 e. The number of aldehydes is 1. The van der Waals surface area contributed by atoms with Crippen LogP contribution in [-0.2, 0) is 11.2 Å². The predicted octanol–water partition coefficient (Wildman–Crippen LogP) is 4.28. The molecule has 0 spiro atoms. The van der Waals surface area contributed by atoms with Gasteiger partial charge in [0.2, 0.25) is 0 Å². The first-order valence-electron chi connectivity index (χ1n) is 7.83. The zero-order valence-electron chi connectivity index (χ0n) is 13.3. The summed E-state index contributed by atoms with van der Waals surface area (Å²) in [6, 6.07) is 14.8. The average Bonchev–Trinajstić information content (AvgIpc) is 2.97. The van der Waals surface area contributed by atoms with Gasteiger partial charge in [-0.15, -0.1) is 0 Å². The van der Waals surface area contributed by atoms with Crippen molar-refractivity contribution in [2.45, 2.75) is 25.5 Å². The van der Waals surface area contributed by atoms with Crippen molar-refractivity contribution < 1.29 is 14.3 Å². The van der Waals surface area contributed by atoms with Gasteiger partial charge in [-0.25, -0.2) is 4.79 Å². The van der Waals surface area contributed by atoms with Crippen LogP contribution in [0.4, 0.5) is 4.79 Å². The van der Waals surface area contributed by atoms with Gasteiger partial charge < -0.3 is 9.64 Å². The van der Waals surface area contributed by atoms with Crippen LogP contribution in [0, 0.1) is 0 Å². The van der Waals surface area contributed by atoms with Crippen molar-refractivity contribution in [2.24, 2.45) is 0 Å². The molecular weight excluding hydrogens is 326 g/mol. The molecule has 2 aromatic rings. The van der Waals surface area contributed by atoms with Crippen LogP contribution in [0.15, 0.2) is 48.5 Å². The van der Waals surface area contributed by atoms with Crippen LogP contribution in [0.25, 0.3) is 0 Å². The fraction of sp³-hybridized carbons (Fsp3) is 0.263. The van der Waals surface area contributed by atoms with Crippen LogP contribution in [0.2, 0.25) is 5.02 Å². The van der Waals surface area contributed by atoms with Gasteiger partial charge >= 0.3 is 6.09 Å². The van der Waals surface area contributed by atoms with Crippen molar-refractivity contribution in [3.05, 3.63) is 70.2 Å². The number of rotatable bonds is 5. The molecule has 5 heteroatoms. The first-order valence-corrected chi connectivity index (χ1v) is 8.21. The number of amides is 1. The molecule has 1 amide bonds. The van der Waals surface area contributed by atoms with Gasteiger partial charge in [0.05, 0.1) is 6.54 Å². The molecule has 0 aliphatic carbocycles. The Hall–Kier alpha value is -2.33. The van der Waals surface area contributed by atoms with Crippen LogP contribution in [0.1, 0.15) is 34.5 Å².